The van der Waals surface area contributed by atoms with E-state index in [-0.39, 0.29) is 94.8 Å². The van der Waals surface area contributed by atoms with Crippen molar-refractivity contribution < 1.29 is 127 Å². The number of aliphatic hydroxyl groups is 9. The highest BCUT2D eigenvalue weighted by Gasteiger charge is 2.58. The fourth-order valence-corrected chi connectivity index (χ4v) is 19.3. The summed E-state index contributed by atoms with van der Waals surface area (Å²) in [6.07, 6.45) is -19.4. The van der Waals surface area contributed by atoms with Crippen LogP contribution in [0.15, 0.2) is 0 Å². The summed E-state index contributed by atoms with van der Waals surface area (Å²) in [6, 6.07) is -2.22. The van der Waals surface area contributed by atoms with E-state index in [1.54, 1.807) is 96.9 Å². The molecule has 672 valence electrons. The summed E-state index contributed by atoms with van der Waals surface area (Å²) in [7, 11) is 10.3. The number of cyclic esters (lactones) is 2. The second kappa shape index (κ2) is 42.2. The van der Waals surface area contributed by atoms with Gasteiger partial charge in [-0.25, -0.2) is 4.79 Å². The number of methoxy groups -OCH3 is 2. The van der Waals surface area contributed by atoms with Crippen molar-refractivity contribution >= 4 is 23.9 Å². The summed E-state index contributed by atoms with van der Waals surface area (Å²) < 4.78 is 83.3. The molecule has 0 bridgehead atoms. The number of rotatable bonds is 25. The molecule has 32 heteroatoms. The van der Waals surface area contributed by atoms with Gasteiger partial charge in [0, 0.05) is 101 Å². The predicted molar refractivity (Wildman–Crippen MR) is 426 cm³/mol. The number of esters is 2. The fourth-order valence-electron chi connectivity index (χ4n) is 19.3. The summed E-state index contributed by atoms with van der Waals surface area (Å²) in [6.45, 7) is 34.6. The third-order valence-electron chi connectivity index (χ3n) is 26.7. The molecule has 38 atom stereocenters. The number of likely N-dealkylation sites (N-methyl/N-ethyl adjacent to an activating group) is 2. The molecule has 14 N–H and O–H groups in total. The van der Waals surface area contributed by atoms with Crippen molar-refractivity contribution in [3.8, 4) is 0 Å². The molecular formula is C83H154N6O26. The summed E-state index contributed by atoms with van der Waals surface area (Å²) in [5.74, 6) is -8.42. The van der Waals surface area contributed by atoms with Crippen LogP contribution in [0.3, 0.4) is 0 Å². The smallest absolute Gasteiger partial charge is 0.407 e. The topological polar surface area (TPSA) is 439 Å². The highest BCUT2D eigenvalue weighted by Crippen LogP contribution is 2.45. The number of carbonyl (C=O) groups excluding carboxylic acids is 4. The van der Waals surface area contributed by atoms with Crippen LogP contribution in [0, 0.1) is 47.3 Å². The zero-order chi connectivity index (χ0) is 86.9. The Morgan fingerprint density at radius 2 is 0.948 bits per heavy atom. The highest BCUT2D eigenvalue weighted by atomic mass is 16.7. The first-order valence-electron chi connectivity index (χ1n) is 42.4. The molecule has 0 radical (unpaired) electrons. The van der Waals surface area contributed by atoms with Gasteiger partial charge in [0.2, 0.25) is 5.91 Å². The van der Waals surface area contributed by atoms with Crippen LogP contribution in [0.2, 0.25) is 0 Å². The minimum absolute atomic E-state index is 0.00416. The lowest BCUT2D eigenvalue weighted by atomic mass is 9.72. The fraction of sp³-hybridized carbons (Fsp3) is 0.952. The lowest BCUT2D eigenvalue weighted by Gasteiger charge is -2.49. The normalized spacial score (nSPS) is 46.7. The van der Waals surface area contributed by atoms with Crippen LogP contribution in [0.25, 0.3) is 0 Å². The Balaban J connectivity index is 1.11. The number of amides is 2. The van der Waals surface area contributed by atoms with Gasteiger partial charge < -0.3 is 139 Å². The van der Waals surface area contributed by atoms with Crippen molar-refractivity contribution in [2.75, 3.05) is 62.0 Å². The number of unbranched alkanes of at least 4 members (excludes halogenated alkanes) is 2. The maximum atomic E-state index is 14.7. The Hall–Kier alpha value is -3.24. The maximum absolute atomic E-state index is 14.7. The minimum Gasteiger partial charge on any atom is -0.459 e. The lowest BCUT2D eigenvalue weighted by Crippen LogP contribution is -2.62. The van der Waals surface area contributed by atoms with Crippen molar-refractivity contribution in [1.82, 2.24) is 25.8 Å². The van der Waals surface area contributed by atoms with E-state index in [1.165, 1.54) is 28.1 Å². The zero-order valence-corrected chi connectivity index (χ0v) is 74.0. The van der Waals surface area contributed by atoms with E-state index in [2.05, 4.69) is 16.0 Å². The van der Waals surface area contributed by atoms with Crippen LogP contribution in [-0.2, 0) is 76.0 Å². The number of nitrogens with zero attached hydrogens (tertiary/aromatic N) is 2. The molecule has 16 unspecified atom stereocenters. The van der Waals surface area contributed by atoms with Crippen LogP contribution in [0.5, 0.6) is 0 Å². The van der Waals surface area contributed by atoms with Gasteiger partial charge >= 0.3 is 18.0 Å². The maximum Gasteiger partial charge on any atom is 0.407 e. The minimum atomic E-state index is -2.01. The summed E-state index contributed by atoms with van der Waals surface area (Å²) >= 11 is 0. The number of nitrogens with one attached hydrogen (secondary N) is 3. The first kappa shape index (κ1) is 101. The Morgan fingerprint density at radius 3 is 1.39 bits per heavy atom. The largest absolute Gasteiger partial charge is 0.459 e. The SMILES string of the molecule is CC[C@H]1OC(=O)[C@H](C)[C@@H](OC2CC(C)(OC)C(OC(=O)NCCCCCC(=O)NCCN[C@@H]3[C@H](C)[C@@H](O)[C@](C)(O)[C@@H](CC)OC(=O)[C@H](C)[C@@H](OC4CC(C)(OC)C(O)C(C)O4)[C@H](C)[C@@H](OC4OC(C)CC(N(C)C)C4O)[C@](C)(O)C[C@H]3C)C(C)O2)[C@H](C)[C@@H](OC2OC(C)CC(N(C)C)C2O)[C@](C)(O)C[C@@H](C)[C@H](N)[C@H](C)[C@@H](O)[C@]1(C)O. The van der Waals surface area contributed by atoms with E-state index in [1.807, 2.05) is 65.7 Å². The van der Waals surface area contributed by atoms with Crippen LogP contribution in [0.1, 0.15) is 216 Å². The number of hydrogen-bond acceptors (Lipinski definition) is 30. The Morgan fingerprint density at radius 1 is 0.513 bits per heavy atom. The molecule has 0 aromatic carbocycles. The van der Waals surface area contributed by atoms with E-state index in [9.17, 15) is 65.1 Å². The van der Waals surface area contributed by atoms with E-state index in [4.69, 9.17) is 67.3 Å². The van der Waals surface area contributed by atoms with E-state index in [0.717, 1.165) is 0 Å². The van der Waals surface area contributed by atoms with E-state index < -0.39 is 222 Å². The molecule has 115 heavy (non-hydrogen) atoms. The van der Waals surface area contributed by atoms with Crippen LogP contribution >= 0.6 is 0 Å². The molecule has 0 aliphatic carbocycles. The van der Waals surface area contributed by atoms with Gasteiger partial charge in [-0.15, -0.1) is 0 Å². The van der Waals surface area contributed by atoms with Crippen molar-refractivity contribution in [1.29, 1.82) is 0 Å². The first-order valence-corrected chi connectivity index (χ1v) is 42.4. The standard InChI is InChI=1S/C83H154N6O26/c1-27-56-82(19,101)67(93)46(7)61(84)42(3)38-78(15,99)70(113-75-63(91)54(88(21)22)36-44(5)105-75)48(9)66(51(12)73(96)109-56)112-60-41-81(18,104-26)72(53(14)108-60)115-77(98)87-33-31-29-30-32-58(90)85-34-35-86-62-43(4)39-79(16,100)71(114-76-64(92)55(89(23)24)37-45(6)106-76)49(10)65(111-59-40-80(17,103-25)69(95)52(13)107-59)50(11)74(97)110-57(28-2)83(20,102)68(94)47(62)8/h42-57,59-72,75-76,86,91-95,99-102H,27-41,84H2,1-26H3,(H,85,90)(H,87,98)/t42-,43-,44?,45?,46+,47+,48+,49+,50-,51-,52?,53?,54?,55?,56-,57-,59?,60?,61+,62+,63?,64?,65+,66+,67-,68-,69?,70-,71-,72?,75?,76?,78-,79-,80?,81?,82-,83-/m1/s1. The van der Waals surface area contributed by atoms with Gasteiger partial charge in [-0.2, -0.15) is 0 Å². The Labute approximate surface area is 684 Å². The number of alkyl carbamates (subject to hydrolysis) is 1. The van der Waals surface area contributed by atoms with Gasteiger partial charge in [-0.3, -0.25) is 14.4 Å². The van der Waals surface area contributed by atoms with Gasteiger partial charge in [-0.1, -0.05) is 61.8 Å². The van der Waals surface area contributed by atoms with Crippen molar-refractivity contribution in [3.05, 3.63) is 0 Å². The quantitative estimate of drug-likeness (QED) is 0.0347. The molecule has 6 fully saturated rings. The molecular weight excluding hydrogens is 1500 g/mol. The monoisotopic (exact) mass is 1650 g/mol. The Kier molecular flexibility index (Phi) is 36.9. The van der Waals surface area contributed by atoms with Crippen molar-refractivity contribution in [2.24, 2.45) is 53.1 Å². The Bertz CT molecular complexity index is 3020. The van der Waals surface area contributed by atoms with E-state index in [0.29, 0.717) is 32.1 Å². The molecule has 0 aromatic rings. The van der Waals surface area contributed by atoms with E-state index >= 15 is 0 Å². The second-order valence-corrected chi connectivity index (χ2v) is 37.0. The molecule has 6 aliphatic rings. The molecule has 0 aromatic heterocycles. The van der Waals surface area contributed by atoms with Crippen molar-refractivity contribution in [2.45, 2.75) is 396 Å². The van der Waals surface area contributed by atoms with Gasteiger partial charge in [0.15, 0.2) is 31.3 Å². The third-order valence-corrected chi connectivity index (χ3v) is 26.7. The van der Waals surface area contributed by atoms with Crippen LogP contribution in [0.4, 0.5) is 4.79 Å². The molecule has 6 saturated heterocycles. The average molecular weight is 1650 g/mol. The number of nitrogens with two attached hydrogens (primary N) is 1. The number of carbonyl (C=O) groups is 4. The number of hydrogen-bond donors (Lipinski definition) is 13. The van der Waals surface area contributed by atoms with Gasteiger partial charge in [0.1, 0.15) is 47.3 Å². The molecule has 6 heterocycles. The highest BCUT2D eigenvalue weighted by molar-refractivity contribution is 5.76. The summed E-state index contributed by atoms with van der Waals surface area (Å²) in [4.78, 5) is 60.4. The van der Waals surface area contributed by atoms with Crippen molar-refractivity contribution in [3.63, 3.8) is 0 Å². The number of aliphatic hydroxyl groups excluding tert-OH is 5. The molecule has 6 aliphatic heterocycles. The van der Waals surface area contributed by atoms with Crippen LogP contribution in [-0.4, -0.2) is 322 Å². The average Bonchev–Trinajstić information content (AvgIpc) is 0.775. The van der Waals surface area contributed by atoms with Gasteiger partial charge in [0.05, 0.1) is 89.7 Å². The second-order valence-electron chi connectivity index (χ2n) is 37.0. The summed E-state index contributed by atoms with van der Waals surface area (Å²) in [5, 5.41) is 119. The molecule has 32 nitrogen and oxygen atoms in total. The lowest BCUT2D eigenvalue weighted by molar-refractivity contribution is -0.318. The van der Waals surface area contributed by atoms with Crippen LogP contribution < -0.4 is 21.7 Å². The molecule has 2 amide bonds. The predicted octanol–water partition coefficient (Wildman–Crippen LogP) is 4.14. The molecule has 0 spiro atoms. The van der Waals surface area contributed by atoms with Gasteiger partial charge in [0.25, 0.3) is 0 Å². The first-order chi connectivity index (χ1) is 53.3. The van der Waals surface area contributed by atoms with Gasteiger partial charge in [-0.05, 0) is 174 Å². The summed E-state index contributed by atoms with van der Waals surface area (Å²) in [5.41, 5.74) is -3.05. The third kappa shape index (κ3) is 24.6. The molecule has 0 saturated carbocycles. The zero-order valence-electron chi connectivity index (χ0n) is 74.0. The number of ether oxygens (including phenoxy) is 13. The molecule has 6 rings (SSSR count).